The number of amides is 3. The van der Waals surface area contributed by atoms with E-state index in [0.29, 0.717) is 24.3 Å². The van der Waals surface area contributed by atoms with Gasteiger partial charge >= 0.3 is 6.03 Å². The standard InChI is InChI=1S/C25H25N3O3/c1-17-3-6-20(7-4-17)24(29)28-14-13-19-8-5-18(15-23(19)28)16-26-25(30)27-21-9-11-22(31-2)12-10-21/h3-12,15H,13-14,16H2,1-2H3,(H2,26,27,30). The van der Waals surface area contributed by atoms with E-state index >= 15 is 0 Å². The summed E-state index contributed by atoms with van der Waals surface area (Å²) in [4.78, 5) is 27.0. The summed E-state index contributed by atoms with van der Waals surface area (Å²) < 4.78 is 5.12. The van der Waals surface area contributed by atoms with E-state index in [1.165, 1.54) is 0 Å². The second kappa shape index (κ2) is 8.92. The number of benzene rings is 3. The van der Waals surface area contributed by atoms with Gasteiger partial charge in [-0.3, -0.25) is 4.79 Å². The van der Waals surface area contributed by atoms with Crippen molar-refractivity contribution in [2.45, 2.75) is 19.9 Å². The van der Waals surface area contributed by atoms with Crippen LogP contribution in [0.2, 0.25) is 0 Å². The van der Waals surface area contributed by atoms with Crippen LogP contribution >= 0.6 is 0 Å². The van der Waals surface area contributed by atoms with Crippen molar-refractivity contribution in [1.82, 2.24) is 5.32 Å². The summed E-state index contributed by atoms with van der Waals surface area (Å²) >= 11 is 0. The lowest BCUT2D eigenvalue weighted by molar-refractivity contribution is 0.0989. The average molecular weight is 415 g/mol. The van der Waals surface area contributed by atoms with Crippen LogP contribution in [0.25, 0.3) is 0 Å². The van der Waals surface area contributed by atoms with Gasteiger partial charge in [0.25, 0.3) is 5.91 Å². The lowest BCUT2D eigenvalue weighted by Gasteiger charge is -2.18. The highest BCUT2D eigenvalue weighted by Gasteiger charge is 2.25. The van der Waals surface area contributed by atoms with Gasteiger partial charge in [-0.15, -0.1) is 0 Å². The maximum Gasteiger partial charge on any atom is 0.319 e. The third kappa shape index (κ3) is 4.69. The van der Waals surface area contributed by atoms with Crippen LogP contribution in [0.4, 0.5) is 16.2 Å². The molecule has 0 atom stereocenters. The van der Waals surface area contributed by atoms with Crippen LogP contribution in [0.3, 0.4) is 0 Å². The highest BCUT2D eigenvalue weighted by molar-refractivity contribution is 6.07. The molecule has 0 aromatic heterocycles. The summed E-state index contributed by atoms with van der Waals surface area (Å²) in [7, 11) is 1.60. The smallest absolute Gasteiger partial charge is 0.319 e. The number of carbonyl (C=O) groups excluding carboxylic acids is 2. The van der Waals surface area contributed by atoms with E-state index in [1.54, 1.807) is 31.4 Å². The van der Waals surface area contributed by atoms with E-state index in [2.05, 4.69) is 10.6 Å². The number of carbonyl (C=O) groups is 2. The van der Waals surface area contributed by atoms with Crippen LogP contribution in [-0.4, -0.2) is 25.6 Å². The van der Waals surface area contributed by atoms with E-state index in [1.807, 2.05) is 54.3 Å². The molecule has 0 unspecified atom stereocenters. The molecule has 0 spiro atoms. The first-order valence-corrected chi connectivity index (χ1v) is 10.2. The van der Waals surface area contributed by atoms with Gasteiger partial charge in [-0.1, -0.05) is 29.8 Å². The fourth-order valence-electron chi connectivity index (χ4n) is 3.63. The molecule has 0 radical (unpaired) electrons. The monoisotopic (exact) mass is 415 g/mol. The molecule has 3 amide bonds. The zero-order valence-electron chi connectivity index (χ0n) is 17.6. The molecule has 0 aliphatic carbocycles. The molecule has 6 nitrogen and oxygen atoms in total. The number of aryl methyl sites for hydroxylation is 1. The minimum atomic E-state index is -0.293. The summed E-state index contributed by atoms with van der Waals surface area (Å²) in [5.74, 6) is 0.731. The first kappa shape index (κ1) is 20.5. The minimum Gasteiger partial charge on any atom is -0.497 e. The van der Waals surface area contributed by atoms with Crippen LogP contribution in [0.15, 0.2) is 66.7 Å². The molecule has 4 rings (SSSR count). The van der Waals surface area contributed by atoms with E-state index in [9.17, 15) is 9.59 Å². The molecule has 1 heterocycles. The Kier molecular flexibility index (Phi) is 5.89. The number of hydrogen-bond donors (Lipinski definition) is 2. The van der Waals surface area contributed by atoms with Crippen LogP contribution in [0.5, 0.6) is 5.75 Å². The highest BCUT2D eigenvalue weighted by Crippen LogP contribution is 2.30. The molecule has 0 saturated heterocycles. The number of urea groups is 1. The van der Waals surface area contributed by atoms with Crippen molar-refractivity contribution in [3.8, 4) is 5.75 Å². The predicted molar refractivity (Wildman–Crippen MR) is 122 cm³/mol. The van der Waals surface area contributed by atoms with Crippen molar-refractivity contribution < 1.29 is 14.3 Å². The quantitative estimate of drug-likeness (QED) is 0.643. The Morgan fingerprint density at radius 3 is 2.45 bits per heavy atom. The molecule has 2 N–H and O–H groups in total. The summed E-state index contributed by atoms with van der Waals surface area (Å²) in [5.41, 5.74) is 5.49. The zero-order valence-corrected chi connectivity index (χ0v) is 17.6. The Bertz CT molecular complexity index is 1090. The first-order chi connectivity index (χ1) is 15.0. The van der Waals surface area contributed by atoms with Gasteiger partial charge in [0.15, 0.2) is 0 Å². The molecule has 158 valence electrons. The fourth-order valence-corrected chi connectivity index (χ4v) is 3.63. The molecule has 1 aliphatic heterocycles. The lowest BCUT2D eigenvalue weighted by Crippen LogP contribution is -2.29. The maximum absolute atomic E-state index is 13.0. The molecule has 6 heteroatoms. The lowest BCUT2D eigenvalue weighted by atomic mass is 10.1. The van der Waals surface area contributed by atoms with Gasteiger partial charge in [0.05, 0.1) is 7.11 Å². The largest absolute Gasteiger partial charge is 0.497 e. The van der Waals surface area contributed by atoms with Gasteiger partial charge in [-0.25, -0.2) is 4.79 Å². The second-order valence-electron chi connectivity index (χ2n) is 7.57. The molecule has 0 bridgehead atoms. The number of ether oxygens (including phenoxy) is 1. The van der Waals surface area contributed by atoms with Gasteiger partial charge in [-0.05, 0) is 66.9 Å². The fraction of sp³-hybridized carbons (Fsp3) is 0.200. The van der Waals surface area contributed by atoms with Gasteiger partial charge in [-0.2, -0.15) is 0 Å². The van der Waals surface area contributed by atoms with Gasteiger partial charge in [0.1, 0.15) is 5.75 Å². The van der Waals surface area contributed by atoms with E-state index < -0.39 is 0 Å². The third-order valence-electron chi connectivity index (χ3n) is 5.39. The minimum absolute atomic E-state index is 0.00103. The summed E-state index contributed by atoms with van der Waals surface area (Å²) in [6.07, 6.45) is 0.832. The summed E-state index contributed by atoms with van der Waals surface area (Å²) in [6, 6.07) is 20.5. The maximum atomic E-state index is 13.0. The summed E-state index contributed by atoms with van der Waals surface area (Å²) in [5, 5.41) is 5.66. The van der Waals surface area contributed by atoms with Crippen LogP contribution < -0.4 is 20.3 Å². The number of nitrogens with zero attached hydrogens (tertiary/aromatic N) is 1. The van der Waals surface area contributed by atoms with Gasteiger partial charge < -0.3 is 20.3 Å². The van der Waals surface area contributed by atoms with Crippen LogP contribution in [-0.2, 0) is 13.0 Å². The number of methoxy groups -OCH3 is 1. The number of fused-ring (bicyclic) bond motifs is 1. The summed E-state index contributed by atoms with van der Waals surface area (Å²) in [6.45, 7) is 3.03. The molecule has 3 aromatic rings. The number of rotatable bonds is 5. The zero-order chi connectivity index (χ0) is 21.8. The van der Waals surface area contributed by atoms with E-state index in [4.69, 9.17) is 4.74 Å². The molecular formula is C25H25N3O3. The third-order valence-corrected chi connectivity index (χ3v) is 5.39. The molecular weight excluding hydrogens is 390 g/mol. The molecule has 0 fully saturated rings. The Balaban J connectivity index is 1.40. The number of nitrogens with one attached hydrogen (secondary N) is 2. The second-order valence-corrected chi connectivity index (χ2v) is 7.57. The van der Waals surface area contributed by atoms with Crippen LogP contribution in [0, 0.1) is 6.92 Å². The number of anilines is 2. The molecule has 1 aliphatic rings. The topological polar surface area (TPSA) is 70.7 Å². The molecule has 0 saturated carbocycles. The Morgan fingerprint density at radius 2 is 1.74 bits per heavy atom. The van der Waals surface area contributed by atoms with Gasteiger partial charge in [0.2, 0.25) is 0 Å². The van der Waals surface area contributed by atoms with E-state index in [0.717, 1.165) is 34.5 Å². The van der Waals surface area contributed by atoms with E-state index in [-0.39, 0.29) is 11.9 Å². The van der Waals surface area contributed by atoms with Crippen molar-refractivity contribution in [2.24, 2.45) is 0 Å². The van der Waals surface area contributed by atoms with Crippen molar-refractivity contribution in [2.75, 3.05) is 23.9 Å². The SMILES string of the molecule is COc1ccc(NC(=O)NCc2ccc3c(c2)N(C(=O)c2ccc(C)cc2)CC3)cc1. The van der Waals surface area contributed by atoms with Crippen molar-refractivity contribution in [3.05, 3.63) is 89.0 Å². The normalized spacial score (nSPS) is 12.3. The Morgan fingerprint density at radius 1 is 1.00 bits per heavy atom. The van der Waals surface area contributed by atoms with Gasteiger partial charge in [0, 0.05) is 30.0 Å². The first-order valence-electron chi connectivity index (χ1n) is 10.2. The van der Waals surface area contributed by atoms with Crippen molar-refractivity contribution in [3.63, 3.8) is 0 Å². The molecule has 3 aromatic carbocycles. The van der Waals surface area contributed by atoms with Crippen molar-refractivity contribution >= 4 is 23.3 Å². The average Bonchev–Trinajstić information content (AvgIpc) is 3.21. The van der Waals surface area contributed by atoms with Crippen LogP contribution in [0.1, 0.15) is 27.0 Å². The van der Waals surface area contributed by atoms with Crippen molar-refractivity contribution in [1.29, 1.82) is 0 Å². The molecule has 31 heavy (non-hydrogen) atoms. The Hall–Kier alpha value is -3.80. The number of hydrogen-bond acceptors (Lipinski definition) is 3. The highest BCUT2D eigenvalue weighted by atomic mass is 16.5. The Labute approximate surface area is 181 Å². The predicted octanol–water partition coefficient (Wildman–Crippen LogP) is 4.53.